The summed E-state index contributed by atoms with van der Waals surface area (Å²) >= 11 is 0. The number of carbonyl (C=O) groups excluding carboxylic acids is 1. The van der Waals surface area contributed by atoms with Gasteiger partial charge in [-0.2, -0.15) is 0 Å². The molecule has 2 rings (SSSR count). The Bertz CT molecular complexity index is 597. The van der Waals surface area contributed by atoms with E-state index in [4.69, 9.17) is 0 Å². The SMILES string of the molecule is COC(=O)Cc1ccccc1CNCC1CCCS1(=O)=O. The lowest BCUT2D eigenvalue weighted by molar-refractivity contribution is -0.139. The van der Waals surface area contributed by atoms with Crippen LogP contribution in [0.1, 0.15) is 24.0 Å². The standard InChI is InChI=1S/C15H21NO4S/c1-20-15(17)9-12-5-2-3-6-13(12)10-16-11-14-7-4-8-21(14,18)19/h2-3,5-6,14,16H,4,7-11H2,1H3. The van der Waals surface area contributed by atoms with E-state index in [0.29, 0.717) is 18.8 Å². The molecule has 1 aromatic rings. The van der Waals surface area contributed by atoms with Crippen molar-refractivity contribution in [3.05, 3.63) is 35.4 Å². The smallest absolute Gasteiger partial charge is 0.309 e. The molecular weight excluding hydrogens is 290 g/mol. The van der Waals surface area contributed by atoms with Gasteiger partial charge < -0.3 is 10.1 Å². The number of nitrogens with one attached hydrogen (secondary N) is 1. The maximum Gasteiger partial charge on any atom is 0.309 e. The molecule has 0 amide bonds. The van der Waals surface area contributed by atoms with E-state index in [-0.39, 0.29) is 17.6 Å². The third-order valence-corrected chi connectivity index (χ3v) is 6.11. The van der Waals surface area contributed by atoms with Crippen LogP contribution in [0.15, 0.2) is 24.3 Å². The maximum atomic E-state index is 11.8. The van der Waals surface area contributed by atoms with Crippen molar-refractivity contribution in [2.75, 3.05) is 19.4 Å². The van der Waals surface area contributed by atoms with Gasteiger partial charge in [-0.3, -0.25) is 4.79 Å². The van der Waals surface area contributed by atoms with Crippen LogP contribution in [0.3, 0.4) is 0 Å². The van der Waals surface area contributed by atoms with Gasteiger partial charge in [0.05, 0.1) is 24.5 Å². The van der Waals surface area contributed by atoms with E-state index in [1.807, 2.05) is 24.3 Å². The number of ether oxygens (including phenoxy) is 1. The van der Waals surface area contributed by atoms with Crippen LogP contribution in [0.5, 0.6) is 0 Å². The molecule has 1 heterocycles. The lowest BCUT2D eigenvalue weighted by Gasteiger charge is -2.13. The van der Waals surface area contributed by atoms with Gasteiger partial charge in [-0.05, 0) is 24.0 Å². The van der Waals surface area contributed by atoms with Crippen LogP contribution in [-0.4, -0.2) is 39.0 Å². The van der Waals surface area contributed by atoms with E-state index in [0.717, 1.165) is 24.0 Å². The zero-order valence-electron chi connectivity index (χ0n) is 12.2. The molecule has 1 aliphatic heterocycles. The molecule has 1 saturated heterocycles. The number of esters is 1. The van der Waals surface area contributed by atoms with Crippen molar-refractivity contribution >= 4 is 15.8 Å². The number of benzene rings is 1. The van der Waals surface area contributed by atoms with Crippen LogP contribution in [0, 0.1) is 0 Å². The fourth-order valence-corrected chi connectivity index (χ4v) is 4.39. The fourth-order valence-electron chi connectivity index (χ4n) is 2.59. The second kappa shape index (κ2) is 7.04. The van der Waals surface area contributed by atoms with Gasteiger partial charge in [0.25, 0.3) is 0 Å². The van der Waals surface area contributed by atoms with Crippen molar-refractivity contribution < 1.29 is 17.9 Å². The van der Waals surface area contributed by atoms with E-state index in [1.165, 1.54) is 7.11 Å². The summed E-state index contributed by atoms with van der Waals surface area (Å²) in [5, 5.41) is 2.93. The van der Waals surface area contributed by atoms with Gasteiger partial charge in [0.1, 0.15) is 0 Å². The van der Waals surface area contributed by atoms with Gasteiger partial charge in [-0.1, -0.05) is 24.3 Å². The Morgan fingerprint density at radius 2 is 2.05 bits per heavy atom. The third-order valence-electron chi connectivity index (χ3n) is 3.83. The quantitative estimate of drug-likeness (QED) is 0.796. The number of rotatable bonds is 6. The highest BCUT2D eigenvalue weighted by Crippen LogP contribution is 2.19. The molecule has 0 radical (unpaired) electrons. The van der Waals surface area contributed by atoms with Crippen molar-refractivity contribution in [3.8, 4) is 0 Å². The summed E-state index contributed by atoms with van der Waals surface area (Å²) in [6.07, 6.45) is 1.73. The van der Waals surface area contributed by atoms with Gasteiger partial charge in [-0.15, -0.1) is 0 Å². The van der Waals surface area contributed by atoms with Crippen molar-refractivity contribution in [2.45, 2.75) is 31.1 Å². The van der Waals surface area contributed by atoms with Crippen LogP contribution < -0.4 is 5.32 Å². The molecule has 0 aliphatic carbocycles. The second-order valence-corrected chi connectivity index (χ2v) is 7.68. The maximum absolute atomic E-state index is 11.8. The zero-order chi connectivity index (χ0) is 15.3. The molecule has 6 heteroatoms. The monoisotopic (exact) mass is 311 g/mol. The third kappa shape index (κ3) is 4.28. The lowest BCUT2D eigenvalue weighted by Crippen LogP contribution is -2.30. The van der Waals surface area contributed by atoms with Crippen LogP contribution in [0.25, 0.3) is 0 Å². The van der Waals surface area contributed by atoms with E-state index in [2.05, 4.69) is 10.1 Å². The minimum atomic E-state index is -2.91. The summed E-state index contributed by atoms with van der Waals surface area (Å²) in [6.45, 7) is 1.02. The number of hydrogen-bond donors (Lipinski definition) is 1. The zero-order valence-corrected chi connectivity index (χ0v) is 13.0. The van der Waals surface area contributed by atoms with E-state index in [1.54, 1.807) is 0 Å². The molecule has 1 fully saturated rings. The van der Waals surface area contributed by atoms with Gasteiger partial charge in [0.2, 0.25) is 0 Å². The Morgan fingerprint density at radius 1 is 1.33 bits per heavy atom. The molecule has 1 unspecified atom stereocenters. The molecule has 0 bridgehead atoms. The molecule has 1 N–H and O–H groups in total. The highest BCUT2D eigenvalue weighted by molar-refractivity contribution is 7.92. The Hall–Kier alpha value is -1.40. The van der Waals surface area contributed by atoms with Crippen molar-refractivity contribution in [2.24, 2.45) is 0 Å². The first-order chi connectivity index (χ1) is 10.0. The van der Waals surface area contributed by atoms with E-state index in [9.17, 15) is 13.2 Å². The Balaban J connectivity index is 1.93. The van der Waals surface area contributed by atoms with E-state index >= 15 is 0 Å². The summed E-state index contributed by atoms with van der Waals surface area (Å²) < 4.78 is 28.2. The molecule has 0 aromatic heterocycles. The summed E-state index contributed by atoms with van der Waals surface area (Å²) in [7, 11) is -1.54. The lowest BCUT2D eigenvalue weighted by atomic mass is 10.0. The molecule has 0 saturated carbocycles. The predicted octanol–water partition coefficient (Wildman–Crippen LogP) is 1.07. The predicted molar refractivity (Wildman–Crippen MR) is 80.7 cm³/mol. The largest absolute Gasteiger partial charge is 0.469 e. The summed E-state index contributed by atoms with van der Waals surface area (Å²) in [5.74, 6) is 0.0268. The topological polar surface area (TPSA) is 72.5 Å². The van der Waals surface area contributed by atoms with Gasteiger partial charge in [-0.25, -0.2) is 8.42 Å². The molecule has 0 spiro atoms. The normalized spacial score (nSPS) is 20.3. The summed E-state index contributed by atoms with van der Waals surface area (Å²) in [4.78, 5) is 11.4. The van der Waals surface area contributed by atoms with Crippen molar-refractivity contribution in [3.63, 3.8) is 0 Å². The average Bonchev–Trinajstić information content (AvgIpc) is 2.79. The summed E-state index contributed by atoms with van der Waals surface area (Å²) in [6, 6.07) is 7.61. The highest BCUT2D eigenvalue weighted by Gasteiger charge is 2.30. The van der Waals surface area contributed by atoms with E-state index < -0.39 is 9.84 Å². The first-order valence-electron chi connectivity index (χ1n) is 7.09. The second-order valence-electron chi connectivity index (χ2n) is 5.28. The van der Waals surface area contributed by atoms with Gasteiger partial charge in [0, 0.05) is 13.1 Å². The van der Waals surface area contributed by atoms with Crippen LogP contribution >= 0.6 is 0 Å². The minimum absolute atomic E-state index is 0.232. The first kappa shape index (κ1) is 16.0. The minimum Gasteiger partial charge on any atom is -0.469 e. The Morgan fingerprint density at radius 3 is 2.67 bits per heavy atom. The molecular formula is C15H21NO4S. The number of sulfone groups is 1. The number of hydrogen-bond acceptors (Lipinski definition) is 5. The number of methoxy groups -OCH3 is 1. The first-order valence-corrected chi connectivity index (χ1v) is 8.80. The summed E-state index contributed by atoms with van der Waals surface area (Å²) in [5.41, 5.74) is 1.91. The molecule has 21 heavy (non-hydrogen) atoms. The van der Waals surface area contributed by atoms with Crippen LogP contribution in [0.4, 0.5) is 0 Å². The Labute approximate surface area is 125 Å². The fraction of sp³-hybridized carbons (Fsp3) is 0.533. The molecule has 1 aliphatic rings. The van der Waals surface area contributed by atoms with Gasteiger partial charge >= 0.3 is 5.97 Å². The van der Waals surface area contributed by atoms with Crippen LogP contribution in [-0.2, 0) is 32.3 Å². The van der Waals surface area contributed by atoms with Gasteiger partial charge in [0.15, 0.2) is 9.84 Å². The molecule has 1 aromatic carbocycles. The Kier molecular flexibility index (Phi) is 5.36. The van der Waals surface area contributed by atoms with Crippen LogP contribution in [0.2, 0.25) is 0 Å². The number of carbonyl (C=O) groups is 1. The average molecular weight is 311 g/mol. The highest BCUT2D eigenvalue weighted by atomic mass is 32.2. The van der Waals surface area contributed by atoms with Crippen molar-refractivity contribution in [1.29, 1.82) is 0 Å². The van der Waals surface area contributed by atoms with Crippen molar-refractivity contribution in [1.82, 2.24) is 5.32 Å². The molecule has 116 valence electrons. The molecule has 5 nitrogen and oxygen atoms in total. The molecule has 1 atom stereocenters.